The first-order chi connectivity index (χ1) is 12.3. The Kier molecular flexibility index (Phi) is 4.37. The molecule has 1 aromatic carbocycles. The number of urea groups is 1. The summed E-state index contributed by atoms with van der Waals surface area (Å²) in [6.07, 6.45) is 1.41. The number of fused-ring (bicyclic) bond motifs is 1. The molecule has 1 atom stereocenters. The quantitative estimate of drug-likeness (QED) is 0.614. The Morgan fingerprint density at radius 2 is 1.81 bits per heavy atom. The number of likely N-dealkylation sites (N-methyl/N-ethyl adjacent to an activating group) is 2. The van der Waals surface area contributed by atoms with Crippen molar-refractivity contribution in [3.63, 3.8) is 0 Å². The summed E-state index contributed by atoms with van der Waals surface area (Å²) in [5.41, 5.74) is 1.04. The molecule has 0 aliphatic carbocycles. The minimum Gasteiger partial charge on any atom is -0.326 e. The second-order valence-corrected chi connectivity index (χ2v) is 6.10. The van der Waals surface area contributed by atoms with Crippen molar-refractivity contribution >= 4 is 41.5 Å². The van der Waals surface area contributed by atoms with Crippen molar-refractivity contribution in [3.05, 3.63) is 29.8 Å². The van der Waals surface area contributed by atoms with Crippen molar-refractivity contribution in [2.75, 3.05) is 26.0 Å². The predicted molar refractivity (Wildman–Crippen MR) is 93.4 cm³/mol. The molecule has 0 radical (unpaired) electrons. The van der Waals surface area contributed by atoms with Gasteiger partial charge in [-0.2, -0.15) is 0 Å². The summed E-state index contributed by atoms with van der Waals surface area (Å²) in [6.45, 7) is 1.35. The van der Waals surface area contributed by atoms with E-state index in [1.54, 1.807) is 24.3 Å². The summed E-state index contributed by atoms with van der Waals surface area (Å²) in [6, 6.07) is 5.24. The molecule has 2 aliphatic rings. The van der Waals surface area contributed by atoms with E-state index in [4.69, 9.17) is 0 Å². The van der Waals surface area contributed by atoms with E-state index >= 15 is 0 Å². The molecule has 2 aliphatic heterocycles. The highest BCUT2D eigenvalue weighted by Crippen LogP contribution is 2.17. The van der Waals surface area contributed by atoms with Crippen LogP contribution in [0.25, 0.3) is 0 Å². The number of ketones is 1. The summed E-state index contributed by atoms with van der Waals surface area (Å²) >= 11 is 0. The number of Topliss-reactive ketones (excluding diaryl/α,β-unsaturated/α-hetero) is 1. The van der Waals surface area contributed by atoms with Crippen LogP contribution in [0.5, 0.6) is 0 Å². The van der Waals surface area contributed by atoms with Crippen molar-refractivity contribution in [2.45, 2.75) is 13.0 Å². The standard InChI is InChI=1S/C17H17N5O4/c1-10(23)19-12-6-4-11(5-7-12)13(24)8-22-9-18-15-14(22)16(25)21(3)17(26)20(15)2/h4-7,9,14H,8H2,1-3H3/p+1. The van der Waals surface area contributed by atoms with Gasteiger partial charge in [-0.3, -0.25) is 24.2 Å². The SMILES string of the molecule is CC(=O)Nc1ccc(C(=O)C[N+]2=CN=C3C2C(=O)N(C)C(=O)N3C)cc1. The minimum absolute atomic E-state index is 0.0568. The number of imide groups is 1. The molecule has 1 N–H and O–H groups in total. The Hall–Kier alpha value is -3.36. The fourth-order valence-electron chi connectivity index (χ4n) is 2.87. The highest BCUT2D eigenvalue weighted by Gasteiger charge is 2.50. The number of carbonyl (C=O) groups excluding carboxylic acids is 4. The van der Waals surface area contributed by atoms with Gasteiger partial charge in [0.1, 0.15) is 6.54 Å². The lowest BCUT2D eigenvalue weighted by Crippen LogP contribution is -2.61. The summed E-state index contributed by atoms with van der Waals surface area (Å²) in [7, 11) is 2.94. The fourth-order valence-corrected chi connectivity index (χ4v) is 2.87. The number of amidine groups is 1. The Morgan fingerprint density at radius 3 is 2.42 bits per heavy atom. The zero-order valence-corrected chi connectivity index (χ0v) is 14.6. The minimum atomic E-state index is -0.787. The highest BCUT2D eigenvalue weighted by atomic mass is 16.2. The van der Waals surface area contributed by atoms with Crippen LogP contribution in [0.3, 0.4) is 0 Å². The van der Waals surface area contributed by atoms with Gasteiger partial charge in [0.2, 0.25) is 11.7 Å². The van der Waals surface area contributed by atoms with Crippen LogP contribution in [0.4, 0.5) is 10.5 Å². The summed E-state index contributed by atoms with van der Waals surface area (Å²) in [5.74, 6) is -0.512. The topological polar surface area (TPSA) is 102 Å². The molecule has 0 spiro atoms. The van der Waals surface area contributed by atoms with Crippen molar-refractivity contribution in [1.82, 2.24) is 9.80 Å². The van der Waals surface area contributed by atoms with Gasteiger partial charge in [0, 0.05) is 32.3 Å². The largest absolute Gasteiger partial charge is 0.333 e. The first-order valence-corrected chi connectivity index (χ1v) is 7.92. The van der Waals surface area contributed by atoms with E-state index in [1.807, 2.05) is 0 Å². The molecular formula is C17H18N5O4+. The molecule has 26 heavy (non-hydrogen) atoms. The van der Waals surface area contributed by atoms with Gasteiger partial charge in [0.25, 0.3) is 24.1 Å². The Bertz CT molecular complexity index is 872. The number of aliphatic imine (C=N–C) groups is 1. The average molecular weight is 356 g/mol. The number of nitrogens with zero attached hydrogens (tertiary/aromatic N) is 4. The van der Waals surface area contributed by atoms with E-state index in [-0.39, 0.29) is 18.2 Å². The zero-order chi connectivity index (χ0) is 19.0. The van der Waals surface area contributed by atoms with Crippen LogP contribution in [0.1, 0.15) is 17.3 Å². The lowest BCUT2D eigenvalue weighted by atomic mass is 10.1. The summed E-state index contributed by atoms with van der Waals surface area (Å²) in [4.78, 5) is 54.4. The van der Waals surface area contributed by atoms with Gasteiger partial charge >= 0.3 is 6.03 Å². The first-order valence-electron chi connectivity index (χ1n) is 7.92. The van der Waals surface area contributed by atoms with Crippen LogP contribution in [0.2, 0.25) is 0 Å². The molecule has 1 fully saturated rings. The summed E-state index contributed by atoms with van der Waals surface area (Å²) < 4.78 is 1.52. The van der Waals surface area contributed by atoms with E-state index in [9.17, 15) is 19.2 Å². The van der Waals surface area contributed by atoms with Gasteiger partial charge < -0.3 is 5.32 Å². The van der Waals surface area contributed by atoms with Crippen molar-refractivity contribution < 1.29 is 23.8 Å². The molecule has 1 saturated heterocycles. The number of benzene rings is 1. The average Bonchev–Trinajstić information content (AvgIpc) is 3.02. The fraction of sp³-hybridized carbons (Fsp3) is 0.294. The highest BCUT2D eigenvalue weighted by molar-refractivity contribution is 6.21. The predicted octanol–water partition coefficient (Wildman–Crippen LogP) is 0.173. The number of amides is 4. The van der Waals surface area contributed by atoms with Gasteiger partial charge in [-0.1, -0.05) is 0 Å². The lowest BCUT2D eigenvalue weighted by Gasteiger charge is -2.30. The number of hydrogen-bond acceptors (Lipinski definition) is 5. The molecule has 134 valence electrons. The third kappa shape index (κ3) is 2.99. The number of nitrogens with one attached hydrogen (secondary N) is 1. The van der Waals surface area contributed by atoms with Crippen LogP contribution in [0, 0.1) is 0 Å². The van der Waals surface area contributed by atoms with Gasteiger partial charge in [0.05, 0.1) is 0 Å². The monoisotopic (exact) mass is 356 g/mol. The van der Waals surface area contributed by atoms with Crippen LogP contribution in [-0.4, -0.2) is 76.9 Å². The normalized spacial score (nSPS) is 19.1. The molecular weight excluding hydrogens is 338 g/mol. The van der Waals surface area contributed by atoms with Crippen LogP contribution in [0.15, 0.2) is 29.3 Å². The second kappa shape index (κ2) is 6.51. The molecule has 1 aromatic rings. The molecule has 0 bridgehead atoms. The van der Waals surface area contributed by atoms with Gasteiger partial charge in [-0.05, 0) is 29.3 Å². The van der Waals surface area contributed by atoms with E-state index in [2.05, 4.69) is 10.3 Å². The third-order valence-electron chi connectivity index (χ3n) is 4.25. The Morgan fingerprint density at radius 1 is 1.15 bits per heavy atom. The Balaban J connectivity index is 1.74. The molecule has 9 heteroatoms. The zero-order valence-electron chi connectivity index (χ0n) is 14.6. The van der Waals surface area contributed by atoms with Crippen molar-refractivity contribution in [1.29, 1.82) is 0 Å². The first kappa shape index (κ1) is 17.5. The van der Waals surface area contributed by atoms with E-state index < -0.39 is 18.0 Å². The summed E-state index contributed by atoms with van der Waals surface area (Å²) in [5, 5.41) is 2.63. The molecule has 9 nitrogen and oxygen atoms in total. The van der Waals surface area contributed by atoms with Crippen molar-refractivity contribution in [3.8, 4) is 0 Å². The molecule has 3 rings (SSSR count). The van der Waals surface area contributed by atoms with Crippen LogP contribution in [-0.2, 0) is 9.59 Å². The van der Waals surface area contributed by atoms with E-state index in [0.717, 1.165) is 4.90 Å². The Labute approximate surface area is 149 Å². The smallest absolute Gasteiger partial charge is 0.326 e. The molecule has 0 saturated carbocycles. The van der Waals surface area contributed by atoms with Gasteiger partial charge in [0.15, 0.2) is 0 Å². The van der Waals surface area contributed by atoms with Crippen molar-refractivity contribution in [2.24, 2.45) is 4.99 Å². The van der Waals surface area contributed by atoms with Crippen LogP contribution >= 0.6 is 0 Å². The lowest BCUT2D eigenvalue weighted by molar-refractivity contribution is -0.518. The van der Waals surface area contributed by atoms with E-state index in [0.29, 0.717) is 17.1 Å². The number of rotatable bonds is 4. The van der Waals surface area contributed by atoms with E-state index in [1.165, 1.54) is 36.8 Å². The van der Waals surface area contributed by atoms with Gasteiger partial charge in [-0.15, -0.1) is 0 Å². The van der Waals surface area contributed by atoms with Gasteiger partial charge in [-0.25, -0.2) is 9.37 Å². The number of hydrogen-bond donors (Lipinski definition) is 1. The van der Waals surface area contributed by atoms with Crippen LogP contribution < -0.4 is 5.32 Å². The number of carbonyl (C=O) groups is 4. The molecule has 1 unspecified atom stereocenters. The number of anilines is 1. The maximum atomic E-state index is 12.5. The maximum absolute atomic E-state index is 12.5. The second-order valence-electron chi connectivity index (χ2n) is 6.10. The third-order valence-corrected chi connectivity index (χ3v) is 4.25. The molecule has 4 amide bonds. The molecule has 0 aromatic heterocycles. The maximum Gasteiger partial charge on any atom is 0.333 e. The molecule has 2 heterocycles.